The molecule has 4 aromatic heterocycles. The van der Waals surface area contributed by atoms with Crippen molar-refractivity contribution in [2.75, 3.05) is 0 Å². The fraction of sp³-hybridized carbons (Fsp3) is 0.0339. The summed E-state index contributed by atoms with van der Waals surface area (Å²) in [5, 5.41) is 6.65. The van der Waals surface area contributed by atoms with Crippen LogP contribution in [0.2, 0.25) is 0 Å². The number of hydrogen-bond acceptors (Lipinski definition) is 3. The quantitative estimate of drug-likeness (QED) is 0.167. The highest BCUT2D eigenvalue weighted by atomic mass is 19.4. The van der Waals surface area contributed by atoms with E-state index in [-0.39, 0.29) is 5.82 Å². The number of halogens is 3. The molecule has 0 unspecified atom stereocenters. The van der Waals surface area contributed by atoms with Crippen molar-refractivity contribution in [1.29, 1.82) is 0 Å². The van der Waals surface area contributed by atoms with Gasteiger partial charge in [-0.2, -0.15) is 13.2 Å². The SMILES string of the molecule is Cc1ccc(-c2nc(-c3ccc(C(F)(F)F)cc3)nc(-c3cc(-n4c5ccccc5c5ccccc54)c(-n4c5ccccc5c5ccccc54)c(-n4c5ccccc5c5ccccc54)c3)n2)cc1. The first kappa shape index (κ1) is 39.5. The smallest absolute Gasteiger partial charge is 0.307 e. The number of nitrogens with zero attached hydrogens (tertiary/aromatic N) is 6. The molecule has 4 heterocycles. The number of aryl methyl sites for hydroxylation is 1. The number of rotatable bonds is 6. The molecular weight excluding hydrogens is 850 g/mol. The summed E-state index contributed by atoms with van der Waals surface area (Å²) in [6.45, 7) is 2.02. The Hall–Kier alpha value is -8.82. The summed E-state index contributed by atoms with van der Waals surface area (Å²) in [7, 11) is 0. The zero-order valence-corrected chi connectivity index (χ0v) is 36.4. The van der Waals surface area contributed by atoms with Gasteiger partial charge >= 0.3 is 6.18 Å². The zero-order valence-electron chi connectivity index (χ0n) is 36.4. The fourth-order valence-corrected chi connectivity index (χ4v) is 10.1. The molecule has 0 saturated carbocycles. The van der Waals surface area contributed by atoms with Crippen molar-refractivity contribution in [3.8, 4) is 51.2 Å². The van der Waals surface area contributed by atoms with Crippen molar-refractivity contribution in [3.63, 3.8) is 0 Å². The summed E-state index contributed by atoms with van der Waals surface area (Å²) in [5.41, 5.74) is 11.0. The van der Waals surface area contributed by atoms with Crippen molar-refractivity contribution >= 4 is 65.4 Å². The molecule has 0 aliphatic rings. The second-order valence-electron chi connectivity index (χ2n) is 17.2. The van der Waals surface area contributed by atoms with Crippen LogP contribution in [0.15, 0.2) is 206 Å². The lowest BCUT2D eigenvalue weighted by Crippen LogP contribution is -2.10. The van der Waals surface area contributed by atoms with E-state index < -0.39 is 11.7 Å². The minimum Gasteiger partial charge on any atom is -0.307 e. The van der Waals surface area contributed by atoms with Crippen molar-refractivity contribution in [3.05, 3.63) is 217 Å². The molecule has 9 aromatic carbocycles. The van der Waals surface area contributed by atoms with Gasteiger partial charge in [-0.3, -0.25) is 0 Å². The van der Waals surface area contributed by atoms with Crippen LogP contribution in [-0.4, -0.2) is 28.7 Å². The predicted octanol–water partition coefficient (Wildman–Crippen LogP) is 15.5. The Labute approximate surface area is 387 Å². The highest BCUT2D eigenvalue weighted by Crippen LogP contribution is 2.45. The highest BCUT2D eigenvalue weighted by Gasteiger charge is 2.31. The largest absolute Gasteiger partial charge is 0.416 e. The van der Waals surface area contributed by atoms with Crippen LogP contribution >= 0.6 is 0 Å². The van der Waals surface area contributed by atoms with Crippen LogP contribution in [0.25, 0.3) is 117 Å². The summed E-state index contributed by atoms with van der Waals surface area (Å²) in [5.74, 6) is 1.01. The first-order chi connectivity index (χ1) is 33.3. The van der Waals surface area contributed by atoms with Gasteiger partial charge in [-0.1, -0.05) is 151 Å². The number of fused-ring (bicyclic) bond motifs is 9. The van der Waals surface area contributed by atoms with Crippen LogP contribution in [0, 0.1) is 6.92 Å². The van der Waals surface area contributed by atoms with Crippen molar-refractivity contribution in [2.24, 2.45) is 0 Å². The van der Waals surface area contributed by atoms with E-state index in [0.29, 0.717) is 22.8 Å². The summed E-state index contributed by atoms with van der Waals surface area (Å²) >= 11 is 0. The minimum absolute atomic E-state index is 0.252. The molecule has 68 heavy (non-hydrogen) atoms. The monoisotopic (exact) mass is 886 g/mol. The molecule has 324 valence electrons. The average molecular weight is 887 g/mol. The topological polar surface area (TPSA) is 53.5 Å². The number of benzene rings is 9. The van der Waals surface area contributed by atoms with Gasteiger partial charge in [0, 0.05) is 49.0 Å². The second kappa shape index (κ2) is 15.1. The molecule has 13 aromatic rings. The van der Waals surface area contributed by atoms with Crippen molar-refractivity contribution in [2.45, 2.75) is 13.1 Å². The lowest BCUT2D eigenvalue weighted by Gasteiger charge is -2.23. The van der Waals surface area contributed by atoms with Crippen LogP contribution in [0.3, 0.4) is 0 Å². The van der Waals surface area contributed by atoms with Crippen molar-refractivity contribution in [1.82, 2.24) is 28.7 Å². The number of alkyl halides is 3. The van der Waals surface area contributed by atoms with Gasteiger partial charge in [-0.05, 0) is 67.6 Å². The Morgan fingerprint density at radius 3 is 0.971 bits per heavy atom. The molecule has 0 aliphatic carbocycles. The maximum absolute atomic E-state index is 13.9. The maximum Gasteiger partial charge on any atom is 0.416 e. The third kappa shape index (κ3) is 6.16. The molecule has 0 amide bonds. The number of para-hydroxylation sites is 6. The Morgan fingerprint density at radius 2 is 0.632 bits per heavy atom. The van der Waals surface area contributed by atoms with Crippen LogP contribution < -0.4 is 0 Å². The van der Waals surface area contributed by atoms with E-state index in [1.807, 2.05) is 31.2 Å². The van der Waals surface area contributed by atoms with Crippen LogP contribution in [0.4, 0.5) is 13.2 Å². The van der Waals surface area contributed by atoms with Crippen molar-refractivity contribution < 1.29 is 13.2 Å². The highest BCUT2D eigenvalue weighted by molar-refractivity contribution is 6.14. The van der Waals surface area contributed by atoms with Gasteiger partial charge in [0.2, 0.25) is 0 Å². The van der Waals surface area contributed by atoms with Gasteiger partial charge in [-0.15, -0.1) is 0 Å². The number of aromatic nitrogens is 6. The summed E-state index contributed by atoms with van der Waals surface area (Å²) in [6, 6.07) is 68.3. The Morgan fingerprint density at radius 1 is 0.338 bits per heavy atom. The molecule has 0 fully saturated rings. The van der Waals surface area contributed by atoms with Crippen LogP contribution in [0.1, 0.15) is 11.1 Å². The standard InChI is InChI=1S/C59H37F3N6/c1-36-26-28-37(29-27-36)56-63-57(38-30-32-40(33-31-38)59(60,61)62)65-58(64-56)39-34-53(66-47-20-8-2-14-41(47)42-15-3-9-21-48(42)66)55(68-51-24-12-6-18-45(51)46-19-7-13-25-52(46)68)54(35-39)67-49-22-10-4-16-43(49)44-17-5-11-23-50(44)67/h2-35H,1H3. The molecule has 6 nitrogen and oxygen atoms in total. The molecule has 0 atom stereocenters. The molecule has 0 aliphatic heterocycles. The molecule has 0 spiro atoms. The Balaban J connectivity index is 1.23. The van der Waals surface area contributed by atoms with Crippen LogP contribution in [0.5, 0.6) is 0 Å². The summed E-state index contributed by atoms with van der Waals surface area (Å²) in [6.07, 6.45) is -4.50. The zero-order chi connectivity index (χ0) is 45.7. The molecule has 13 rings (SSSR count). The molecular formula is C59H37F3N6. The van der Waals surface area contributed by atoms with Gasteiger partial charge in [0.1, 0.15) is 0 Å². The molecule has 0 saturated heterocycles. The van der Waals surface area contributed by atoms with Gasteiger partial charge in [0.15, 0.2) is 17.5 Å². The minimum atomic E-state index is -4.50. The van der Waals surface area contributed by atoms with E-state index in [9.17, 15) is 13.2 Å². The Kier molecular flexibility index (Phi) is 8.79. The molecule has 0 bridgehead atoms. The first-order valence-electron chi connectivity index (χ1n) is 22.4. The van der Waals surface area contributed by atoms with E-state index in [4.69, 9.17) is 15.0 Å². The van der Waals surface area contributed by atoms with E-state index in [1.54, 1.807) is 0 Å². The fourth-order valence-electron chi connectivity index (χ4n) is 10.1. The third-order valence-corrected chi connectivity index (χ3v) is 13.2. The lowest BCUT2D eigenvalue weighted by atomic mass is 10.1. The molecule has 0 N–H and O–H groups in total. The van der Waals surface area contributed by atoms with Gasteiger partial charge in [-0.25, -0.2) is 15.0 Å². The maximum atomic E-state index is 13.9. The first-order valence-corrected chi connectivity index (χ1v) is 22.4. The van der Waals surface area contributed by atoms with Gasteiger partial charge in [0.05, 0.1) is 55.7 Å². The average Bonchev–Trinajstić information content (AvgIpc) is 4.02. The van der Waals surface area contributed by atoms with Gasteiger partial charge in [0.25, 0.3) is 0 Å². The van der Waals surface area contributed by atoms with E-state index in [1.165, 1.54) is 12.1 Å². The van der Waals surface area contributed by atoms with E-state index in [0.717, 1.165) is 106 Å². The molecule has 9 heteroatoms. The number of hydrogen-bond donors (Lipinski definition) is 0. The second-order valence-corrected chi connectivity index (χ2v) is 17.2. The summed E-state index contributed by atoms with van der Waals surface area (Å²) < 4.78 is 48.7. The summed E-state index contributed by atoms with van der Waals surface area (Å²) in [4.78, 5) is 15.3. The molecule has 0 radical (unpaired) electrons. The third-order valence-electron chi connectivity index (χ3n) is 13.2. The van der Waals surface area contributed by atoms with E-state index >= 15 is 0 Å². The normalized spacial score (nSPS) is 12.1. The van der Waals surface area contributed by atoms with Crippen LogP contribution in [-0.2, 0) is 6.18 Å². The van der Waals surface area contributed by atoms with Gasteiger partial charge < -0.3 is 13.7 Å². The Bertz CT molecular complexity index is 3850. The lowest BCUT2D eigenvalue weighted by molar-refractivity contribution is -0.137. The predicted molar refractivity (Wildman–Crippen MR) is 269 cm³/mol. The van der Waals surface area contributed by atoms with E-state index in [2.05, 4.69) is 171 Å².